The highest BCUT2D eigenvalue weighted by molar-refractivity contribution is 6.30. The van der Waals surface area contributed by atoms with Crippen LogP contribution in [-0.4, -0.2) is 43.1 Å². The molecule has 77 valence electrons. The van der Waals surface area contributed by atoms with Crippen LogP contribution in [0, 0.1) is 0 Å². The Balaban J connectivity index is 2.55. The Morgan fingerprint density at radius 2 is 1.08 bits per heavy atom. The van der Waals surface area contributed by atoms with Crippen molar-refractivity contribution in [3.05, 3.63) is 0 Å². The fourth-order valence-electron chi connectivity index (χ4n) is 1.42. The Hall–Kier alpha value is 0.137. The smallest absolute Gasteiger partial charge is 0.0223 e. The molecule has 1 aliphatic rings. The fourth-order valence-corrected chi connectivity index (χ4v) is 2.71. The molecule has 0 bridgehead atoms. The topological polar surface area (TPSA) is 6.48 Å². The van der Waals surface area contributed by atoms with Crippen LogP contribution in [0.25, 0.3) is 0 Å². The fraction of sp³-hybridized carbons (Fsp3) is 1.00. The molecule has 1 fully saturated rings. The predicted molar refractivity (Wildman–Crippen MR) is 58.7 cm³/mol. The van der Waals surface area contributed by atoms with Gasteiger partial charge in [0.05, 0.1) is 0 Å². The van der Waals surface area contributed by atoms with Crippen molar-refractivity contribution in [2.24, 2.45) is 0 Å². The third kappa shape index (κ3) is 2.79. The van der Waals surface area contributed by atoms with Gasteiger partial charge in [-0.25, -0.2) is 9.84 Å². The third-order valence-corrected chi connectivity index (χ3v) is 4.68. The minimum absolute atomic E-state index is 0.332. The minimum atomic E-state index is 0.332. The molecule has 3 heteroatoms. The van der Waals surface area contributed by atoms with E-state index in [1.54, 1.807) is 0 Å². The van der Waals surface area contributed by atoms with Gasteiger partial charge in [0.1, 0.15) is 0 Å². The highest BCUT2D eigenvalue weighted by Gasteiger charge is 2.23. The molecule has 0 amide bonds. The second-order valence-electron chi connectivity index (χ2n) is 5.74. The Morgan fingerprint density at radius 3 is 1.23 bits per heavy atom. The molecule has 13 heavy (non-hydrogen) atoms. The average Bonchev–Trinajstić information content (AvgIpc) is 2.28. The first-order chi connectivity index (χ1) is 5.71. The molecule has 0 aliphatic carbocycles. The molecular weight excluding hydrogens is 176 g/mol. The maximum absolute atomic E-state index is 2.57. The van der Waals surface area contributed by atoms with Crippen molar-refractivity contribution in [3.8, 4) is 0 Å². The molecule has 0 aromatic rings. The van der Waals surface area contributed by atoms with E-state index in [4.69, 9.17) is 0 Å². The van der Waals surface area contributed by atoms with Crippen LogP contribution in [-0.2, 0) is 0 Å². The molecule has 0 aromatic carbocycles. The summed E-state index contributed by atoms with van der Waals surface area (Å²) in [5, 5.41) is 0. The number of hydrogen-bond donors (Lipinski definition) is 0. The zero-order valence-corrected chi connectivity index (χ0v) is 10.8. The zero-order valence-electron chi connectivity index (χ0n) is 9.81. The summed E-state index contributed by atoms with van der Waals surface area (Å²) in [5.74, 6) is 0. The lowest BCUT2D eigenvalue weighted by molar-refractivity contribution is 0.271. The van der Waals surface area contributed by atoms with Gasteiger partial charge in [-0.2, -0.15) is 0 Å². The molecule has 2 nitrogen and oxygen atoms in total. The Morgan fingerprint density at radius 1 is 0.769 bits per heavy atom. The van der Waals surface area contributed by atoms with Crippen LogP contribution in [0.1, 0.15) is 41.5 Å². The van der Waals surface area contributed by atoms with Crippen molar-refractivity contribution < 1.29 is 0 Å². The summed E-state index contributed by atoms with van der Waals surface area (Å²) in [7, 11) is 0.860. The lowest BCUT2D eigenvalue weighted by Crippen LogP contribution is -2.47. The van der Waals surface area contributed by atoms with E-state index in [1.807, 2.05) is 0 Å². The molecule has 0 N–H and O–H groups in total. The Kier molecular flexibility index (Phi) is 2.91. The summed E-state index contributed by atoms with van der Waals surface area (Å²) < 4.78 is 5.14. The predicted octanol–water partition coefficient (Wildman–Crippen LogP) is 1.74. The van der Waals surface area contributed by atoms with Gasteiger partial charge in [0.15, 0.2) is 0 Å². The first-order valence-electron chi connectivity index (χ1n) is 5.03. The summed E-state index contributed by atoms with van der Waals surface area (Å²) >= 11 is 0. The van der Waals surface area contributed by atoms with Crippen molar-refractivity contribution in [1.29, 1.82) is 0 Å². The number of nitrogens with zero attached hydrogens (tertiary/aromatic N) is 2. The van der Waals surface area contributed by atoms with Gasteiger partial charge in [0, 0.05) is 0 Å². The molecule has 0 spiro atoms. The minimum Gasteiger partial charge on any atom is -0.483 e. The quantitative estimate of drug-likeness (QED) is 0.547. The average molecular weight is 198 g/mol. The lowest BCUT2D eigenvalue weighted by Gasteiger charge is -2.48. The van der Waals surface area contributed by atoms with E-state index in [-0.39, 0.29) is 0 Å². The van der Waals surface area contributed by atoms with Gasteiger partial charge in [0.2, 0.25) is 0 Å². The third-order valence-electron chi connectivity index (χ3n) is 2.41. The van der Waals surface area contributed by atoms with Gasteiger partial charge in [-0.1, -0.05) is 41.5 Å². The lowest BCUT2D eigenvalue weighted by atomic mass is 10.1. The first kappa shape index (κ1) is 11.2. The maximum atomic E-state index is 2.57. The van der Waals surface area contributed by atoms with E-state index in [2.05, 4.69) is 50.7 Å². The second kappa shape index (κ2) is 3.37. The zero-order chi connectivity index (χ0) is 10.3. The van der Waals surface area contributed by atoms with Crippen molar-refractivity contribution in [3.63, 3.8) is 0 Å². The van der Waals surface area contributed by atoms with Crippen LogP contribution >= 0.6 is 0 Å². The molecule has 1 radical (unpaired) electrons. The van der Waals surface area contributed by atoms with Crippen LogP contribution in [0.2, 0.25) is 0 Å². The van der Waals surface area contributed by atoms with Crippen molar-refractivity contribution in [2.75, 3.05) is 13.1 Å². The maximum Gasteiger partial charge on any atom is -0.0223 e. The van der Waals surface area contributed by atoms with E-state index in [1.165, 1.54) is 13.1 Å². The highest BCUT2D eigenvalue weighted by Crippen LogP contribution is 2.22. The molecule has 0 aromatic heterocycles. The number of rotatable bonds is 0. The summed E-state index contributed by atoms with van der Waals surface area (Å²) in [5.41, 5.74) is 0.664. The molecule has 0 saturated carbocycles. The second-order valence-corrected chi connectivity index (χ2v) is 7.02. The molecule has 1 heterocycles. The Labute approximate surface area is 85.3 Å². The summed E-state index contributed by atoms with van der Waals surface area (Å²) in [6.45, 7) is 16.2. The van der Waals surface area contributed by atoms with Gasteiger partial charge >= 0.3 is 0 Å². The van der Waals surface area contributed by atoms with Crippen LogP contribution in [0.15, 0.2) is 0 Å². The molecule has 1 saturated heterocycles. The van der Waals surface area contributed by atoms with E-state index >= 15 is 0 Å². The first-order valence-corrected chi connectivity index (χ1v) is 5.92. The van der Waals surface area contributed by atoms with Crippen LogP contribution in [0.5, 0.6) is 0 Å². The van der Waals surface area contributed by atoms with E-state index in [9.17, 15) is 0 Å². The van der Waals surface area contributed by atoms with Crippen molar-refractivity contribution >= 4 is 9.84 Å². The van der Waals surface area contributed by atoms with E-state index in [0.717, 1.165) is 9.84 Å². The molecule has 1 aliphatic heterocycles. The normalized spacial score (nSPS) is 22.6. The summed E-state index contributed by atoms with van der Waals surface area (Å²) in [6.07, 6.45) is 0. The van der Waals surface area contributed by atoms with E-state index in [0.29, 0.717) is 11.1 Å². The van der Waals surface area contributed by atoms with Crippen molar-refractivity contribution in [1.82, 2.24) is 9.13 Å². The monoisotopic (exact) mass is 198 g/mol. The number of hydrogen-bond acceptors (Lipinski definition) is 2. The SMILES string of the molecule is CC(C)(C)N1CCN(C(C)(C)C)[Si-]1. The molecule has 1 rings (SSSR count). The standard InChI is InChI=1S/C10H22N2Si/c1-9(2,3)11-7-8-12(13-11)10(4,5)6/h7-8H2,1-6H3/q-1. The van der Waals surface area contributed by atoms with Gasteiger partial charge in [0.25, 0.3) is 0 Å². The summed E-state index contributed by atoms with van der Waals surface area (Å²) in [4.78, 5) is 0. The van der Waals surface area contributed by atoms with Gasteiger partial charge in [-0.3, -0.25) is 0 Å². The van der Waals surface area contributed by atoms with E-state index < -0.39 is 0 Å². The van der Waals surface area contributed by atoms with Gasteiger partial charge < -0.3 is 9.13 Å². The van der Waals surface area contributed by atoms with Crippen LogP contribution in [0.3, 0.4) is 0 Å². The van der Waals surface area contributed by atoms with Crippen molar-refractivity contribution in [2.45, 2.75) is 52.6 Å². The largest absolute Gasteiger partial charge is 0.483 e. The van der Waals surface area contributed by atoms with Crippen LogP contribution in [0.4, 0.5) is 0 Å². The van der Waals surface area contributed by atoms with Gasteiger partial charge in [-0.15, -0.1) is 0 Å². The summed E-state index contributed by atoms with van der Waals surface area (Å²) in [6, 6.07) is 0. The highest BCUT2D eigenvalue weighted by atomic mass is 28.2. The molecule has 0 atom stereocenters. The molecule has 0 unspecified atom stereocenters. The van der Waals surface area contributed by atoms with Crippen LogP contribution < -0.4 is 0 Å². The van der Waals surface area contributed by atoms with Gasteiger partial charge in [-0.05, 0) is 24.2 Å². The molecular formula is C10H22N2Si-. The Bertz CT molecular complexity index is 158.